The summed E-state index contributed by atoms with van der Waals surface area (Å²) in [7, 11) is 0. The molecule has 0 aromatic rings. The second-order valence-electron chi connectivity index (χ2n) is 0.935. The summed E-state index contributed by atoms with van der Waals surface area (Å²) >= 11 is 0. The highest BCUT2D eigenvalue weighted by Crippen LogP contribution is 1.77. The fourth-order valence-electron chi connectivity index (χ4n) is 0.238. The van der Waals surface area contributed by atoms with Gasteiger partial charge in [0.1, 0.15) is 0 Å². The Kier molecular flexibility index (Phi) is 1.18. The summed E-state index contributed by atoms with van der Waals surface area (Å²) in [6, 6.07) is 0. The summed E-state index contributed by atoms with van der Waals surface area (Å²) in [6.45, 7) is 0. The van der Waals surface area contributed by atoms with Crippen LogP contribution in [0.2, 0.25) is 0 Å². The topological polar surface area (TPSA) is 49.1 Å². The van der Waals surface area contributed by atoms with Crippen molar-refractivity contribution >= 4 is 6.21 Å². The van der Waals surface area contributed by atoms with Crippen LogP contribution in [-0.4, -0.2) is 6.21 Å². The van der Waals surface area contributed by atoms with Gasteiger partial charge in [0.05, 0.1) is 12.4 Å². The molecular weight excluding hydrogens is 92.1 g/mol. The number of allylic oxidation sites excluding steroid dienone is 1. The predicted molar refractivity (Wildman–Crippen MR) is 25.6 cm³/mol. The van der Waals surface area contributed by atoms with Crippen LogP contribution in [0.25, 0.3) is 0 Å². The van der Waals surface area contributed by atoms with Gasteiger partial charge < -0.3 is 0 Å². The largest absolute Gasteiger partial charge is 0.179 e. The molecule has 1 rings (SSSR count). The molecule has 0 amide bonds. The van der Waals surface area contributed by atoms with E-state index in [1.165, 1.54) is 0 Å². The van der Waals surface area contributed by atoms with E-state index in [4.69, 9.17) is 0 Å². The molecule has 0 fully saturated rings. The minimum atomic E-state index is 1.55. The minimum absolute atomic E-state index is 1.55. The standard InChI is InChI=1S/C3H4N4/c1-2-4-6-7-5-3-1/h1-3H,(H,4,7). The number of rotatable bonds is 0. The molecule has 1 heterocycles. The molecule has 36 valence electrons. The summed E-state index contributed by atoms with van der Waals surface area (Å²) in [5.74, 6) is 0. The molecule has 0 radical (unpaired) electrons. The van der Waals surface area contributed by atoms with Gasteiger partial charge in [-0.3, -0.25) is 0 Å². The van der Waals surface area contributed by atoms with E-state index in [1.54, 1.807) is 18.5 Å². The van der Waals surface area contributed by atoms with E-state index in [9.17, 15) is 0 Å². The summed E-state index contributed by atoms with van der Waals surface area (Å²) in [4.78, 5) is 0. The summed E-state index contributed by atoms with van der Waals surface area (Å²) < 4.78 is 0. The molecule has 0 atom stereocenters. The van der Waals surface area contributed by atoms with E-state index in [2.05, 4.69) is 21.0 Å². The molecular formula is C3H4N4. The molecule has 0 aromatic carbocycles. The molecule has 1 N–H and O–H groups in total. The van der Waals surface area contributed by atoms with Gasteiger partial charge in [0.15, 0.2) is 0 Å². The van der Waals surface area contributed by atoms with Gasteiger partial charge >= 0.3 is 0 Å². The van der Waals surface area contributed by atoms with E-state index < -0.39 is 0 Å². The lowest BCUT2D eigenvalue weighted by Gasteiger charge is -1.76. The lowest BCUT2D eigenvalue weighted by atomic mass is 10.7. The highest BCUT2D eigenvalue weighted by molar-refractivity contribution is 5.70. The Balaban J connectivity index is 2.60. The number of nitrogens with zero attached hydrogens (tertiary/aromatic N) is 3. The second kappa shape index (κ2) is 2.07. The zero-order valence-corrected chi connectivity index (χ0v) is 3.57. The Labute approximate surface area is 40.6 Å². The molecule has 0 aromatic heterocycles. The van der Waals surface area contributed by atoms with E-state index in [0.717, 1.165) is 0 Å². The smallest absolute Gasteiger partial charge is 0.0529 e. The lowest BCUT2D eigenvalue weighted by Crippen LogP contribution is -1.88. The van der Waals surface area contributed by atoms with Crippen LogP contribution in [0.4, 0.5) is 0 Å². The van der Waals surface area contributed by atoms with Gasteiger partial charge in [-0.05, 0) is 6.08 Å². The van der Waals surface area contributed by atoms with Crippen molar-refractivity contribution in [1.29, 1.82) is 0 Å². The lowest BCUT2D eigenvalue weighted by molar-refractivity contribution is 0.756. The summed E-state index contributed by atoms with van der Waals surface area (Å²) in [5.41, 5.74) is 2.31. The molecule has 1 aliphatic rings. The van der Waals surface area contributed by atoms with Gasteiger partial charge in [0.25, 0.3) is 0 Å². The number of hydrazone groups is 1. The third-order valence-corrected chi connectivity index (χ3v) is 0.474. The average molecular weight is 96.1 g/mol. The van der Waals surface area contributed by atoms with Crippen LogP contribution in [-0.2, 0) is 0 Å². The zero-order chi connectivity index (χ0) is 4.95. The Hall–Kier alpha value is -1.19. The molecule has 0 bridgehead atoms. The minimum Gasteiger partial charge on any atom is -0.179 e. The molecule has 0 saturated heterocycles. The third-order valence-electron chi connectivity index (χ3n) is 0.474. The normalized spacial score (nSPS) is 16.0. The summed E-state index contributed by atoms with van der Waals surface area (Å²) in [6.07, 6.45) is 4.80. The Bertz CT molecular complexity index is 109. The van der Waals surface area contributed by atoms with E-state index >= 15 is 0 Å². The number of hydrogen-bond donors (Lipinski definition) is 1. The van der Waals surface area contributed by atoms with Gasteiger partial charge in [0, 0.05) is 0 Å². The molecule has 0 aliphatic carbocycles. The maximum absolute atomic E-state index is 3.55. The van der Waals surface area contributed by atoms with Crippen LogP contribution in [0.15, 0.2) is 27.7 Å². The first kappa shape index (κ1) is 3.98. The van der Waals surface area contributed by atoms with Crippen molar-refractivity contribution < 1.29 is 0 Å². The Morgan fingerprint density at radius 3 is 3.43 bits per heavy atom. The third kappa shape index (κ3) is 1.13. The fourth-order valence-corrected chi connectivity index (χ4v) is 0.238. The highest BCUT2D eigenvalue weighted by atomic mass is 15.6. The summed E-state index contributed by atoms with van der Waals surface area (Å²) in [5, 5.41) is 10.4. The average Bonchev–Trinajstić information content (AvgIpc) is 1.90. The maximum Gasteiger partial charge on any atom is 0.0529 e. The maximum atomic E-state index is 3.55. The fraction of sp³-hybridized carbons (Fsp3) is 0. The van der Waals surface area contributed by atoms with Crippen molar-refractivity contribution in [3.05, 3.63) is 12.3 Å². The van der Waals surface area contributed by atoms with Crippen molar-refractivity contribution in [3.63, 3.8) is 0 Å². The van der Waals surface area contributed by atoms with Crippen LogP contribution in [0.1, 0.15) is 0 Å². The van der Waals surface area contributed by atoms with Crippen LogP contribution in [0.5, 0.6) is 0 Å². The van der Waals surface area contributed by atoms with Crippen LogP contribution < -0.4 is 5.53 Å². The highest BCUT2D eigenvalue weighted by Gasteiger charge is 1.69. The molecule has 1 aliphatic heterocycles. The van der Waals surface area contributed by atoms with Crippen LogP contribution in [0.3, 0.4) is 0 Å². The van der Waals surface area contributed by atoms with E-state index in [0.29, 0.717) is 0 Å². The molecule has 0 unspecified atom stereocenters. The van der Waals surface area contributed by atoms with Crippen molar-refractivity contribution in [1.82, 2.24) is 5.53 Å². The second-order valence-corrected chi connectivity index (χ2v) is 0.935. The van der Waals surface area contributed by atoms with Crippen molar-refractivity contribution in [3.8, 4) is 0 Å². The SMILES string of the molecule is C1=CN=NNN=C1. The van der Waals surface area contributed by atoms with Gasteiger partial charge in [-0.25, -0.2) is 0 Å². The number of nitrogens with one attached hydrogen (secondary N) is 1. The van der Waals surface area contributed by atoms with Gasteiger partial charge in [0.2, 0.25) is 0 Å². The van der Waals surface area contributed by atoms with Gasteiger partial charge in [-0.2, -0.15) is 10.6 Å². The molecule has 7 heavy (non-hydrogen) atoms. The quantitative estimate of drug-likeness (QED) is 0.467. The van der Waals surface area contributed by atoms with Gasteiger partial charge in [-0.1, -0.05) is 5.22 Å². The molecule has 4 nitrogen and oxygen atoms in total. The first-order valence-corrected chi connectivity index (χ1v) is 1.83. The molecule has 0 saturated carbocycles. The first-order chi connectivity index (χ1) is 3.50. The number of hydrogen-bond acceptors (Lipinski definition) is 4. The Morgan fingerprint density at radius 1 is 1.43 bits per heavy atom. The van der Waals surface area contributed by atoms with E-state index in [-0.39, 0.29) is 0 Å². The van der Waals surface area contributed by atoms with Crippen molar-refractivity contribution in [2.45, 2.75) is 0 Å². The van der Waals surface area contributed by atoms with Crippen molar-refractivity contribution in [2.75, 3.05) is 0 Å². The first-order valence-electron chi connectivity index (χ1n) is 1.83. The zero-order valence-electron chi connectivity index (χ0n) is 3.57. The monoisotopic (exact) mass is 96.0 g/mol. The van der Waals surface area contributed by atoms with Crippen LogP contribution >= 0.6 is 0 Å². The van der Waals surface area contributed by atoms with E-state index in [1.807, 2.05) is 0 Å². The predicted octanol–water partition coefficient (Wildman–Crippen LogP) is 0.456. The Morgan fingerprint density at radius 2 is 2.43 bits per heavy atom. The van der Waals surface area contributed by atoms with Crippen LogP contribution in [0, 0.1) is 0 Å². The van der Waals surface area contributed by atoms with Gasteiger partial charge in [-0.15, -0.1) is 5.11 Å². The molecule has 4 heteroatoms. The van der Waals surface area contributed by atoms with Crippen molar-refractivity contribution in [2.24, 2.45) is 15.4 Å². The molecule has 0 spiro atoms.